The minimum Gasteiger partial charge on any atom is -0.372 e. The van der Waals surface area contributed by atoms with Gasteiger partial charge in [0.1, 0.15) is 0 Å². The maximum atomic E-state index is 11.7. The topological polar surface area (TPSA) is 38.3 Å². The minimum absolute atomic E-state index is 0.0889. The molecule has 2 atom stereocenters. The Hall–Kier alpha value is -0.220. The highest BCUT2D eigenvalue weighted by Crippen LogP contribution is 2.50. The van der Waals surface area contributed by atoms with Crippen LogP contribution in [0.2, 0.25) is 0 Å². The van der Waals surface area contributed by atoms with E-state index >= 15 is 0 Å². The molecular weight excluding hydrogens is 246 g/mol. The molecule has 0 aromatic heterocycles. The van der Waals surface area contributed by atoms with Crippen molar-refractivity contribution in [1.29, 1.82) is 0 Å². The zero-order valence-corrected chi connectivity index (χ0v) is 13.1. The molecule has 0 aromatic rings. The Morgan fingerprint density at radius 1 is 1.44 bits per heavy atom. The zero-order valence-electron chi connectivity index (χ0n) is 12.2. The van der Waals surface area contributed by atoms with Crippen molar-refractivity contribution in [2.45, 2.75) is 59.2 Å². The molecule has 2 unspecified atom stereocenters. The first-order valence-electron chi connectivity index (χ1n) is 6.72. The van der Waals surface area contributed by atoms with Crippen LogP contribution in [-0.2, 0) is 9.53 Å². The van der Waals surface area contributed by atoms with Crippen LogP contribution in [0.1, 0.15) is 47.5 Å². The maximum absolute atomic E-state index is 11.7. The van der Waals surface area contributed by atoms with Crippen molar-refractivity contribution >= 4 is 18.5 Å². The molecule has 106 valence electrons. The lowest BCUT2D eigenvalue weighted by molar-refractivity contribution is -0.190. The molecule has 1 saturated carbocycles. The SMILES string of the molecule is CC(C)(C)OC1CC(CC(=O)NCCS)C1(C)C. The molecule has 18 heavy (non-hydrogen) atoms. The van der Waals surface area contributed by atoms with Gasteiger partial charge in [0.15, 0.2) is 0 Å². The second-order valence-corrected chi connectivity index (χ2v) is 7.20. The van der Waals surface area contributed by atoms with Gasteiger partial charge in [-0.25, -0.2) is 0 Å². The number of ether oxygens (including phenoxy) is 1. The fraction of sp³-hybridized carbons (Fsp3) is 0.929. The lowest BCUT2D eigenvalue weighted by atomic mass is 9.58. The summed E-state index contributed by atoms with van der Waals surface area (Å²) in [7, 11) is 0. The summed E-state index contributed by atoms with van der Waals surface area (Å²) in [6.45, 7) is 11.3. The average Bonchev–Trinajstić information content (AvgIpc) is 2.23. The number of hydrogen-bond donors (Lipinski definition) is 2. The average molecular weight is 273 g/mol. The zero-order chi connectivity index (χ0) is 14.0. The van der Waals surface area contributed by atoms with Gasteiger partial charge in [0.25, 0.3) is 0 Å². The Kier molecular flexibility index (Phi) is 5.13. The largest absolute Gasteiger partial charge is 0.372 e. The van der Waals surface area contributed by atoms with E-state index < -0.39 is 0 Å². The minimum atomic E-state index is -0.110. The Balaban J connectivity index is 2.42. The van der Waals surface area contributed by atoms with Crippen LogP contribution in [0.4, 0.5) is 0 Å². The molecule has 1 rings (SSSR count). The lowest BCUT2D eigenvalue weighted by Gasteiger charge is -2.53. The van der Waals surface area contributed by atoms with E-state index in [4.69, 9.17) is 4.74 Å². The van der Waals surface area contributed by atoms with Crippen molar-refractivity contribution in [3.05, 3.63) is 0 Å². The molecule has 0 bridgehead atoms. The third kappa shape index (κ3) is 4.16. The van der Waals surface area contributed by atoms with Crippen LogP contribution in [0.3, 0.4) is 0 Å². The van der Waals surface area contributed by atoms with E-state index in [0.717, 1.165) is 6.42 Å². The van der Waals surface area contributed by atoms with Crippen LogP contribution < -0.4 is 5.32 Å². The highest BCUT2D eigenvalue weighted by atomic mass is 32.1. The van der Waals surface area contributed by atoms with Crippen LogP contribution in [0.25, 0.3) is 0 Å². The molecular formula is C14H27NO2S. The molecule has 0 aromatic carbocycles. The molecule has 0 saturated heterocycles. The van der Waals surface area contributed by atoms with Crippen molar-refractivity contribution < 1.29 is 9.53 Å². The highest BCUT2D eigenvalue weighted by molar-refractivity contribution is 7.80. The molecule has 3 nitrogen and oxygen atoms in total. The molecule has 0 heterocycles. The second-order valence-electron chi connectivity index (χ2n) is 6.75. The van der Waals surface area contributed by atoms with E-state index in [1.165, 1.54) is 0 Å². The number of nitrogens with one attached hydrogen (secondary N) is 1. The van der Waals surface area contributed by atoms with Crippen molar-refractivity contribution in [2.75, 3.05) is 12.3 Å². The summed E-state index contributed by atoms with van der Waals surface area (Å²) in [5.41, 5.74) is -0.0211. The first-order valence-corrected chi connectivity index (χ1v) is 7.35. The van der Waals surface area contributed by atoms with Gasteiger partial charge in [-0.1, -0.05) is 13.8 Å². The van der Waals surface area contributed by atoms with Crippen LogP contribution in [0, 0.1) is 11.3 Å². The van der Waals surface area contributed by atoms with E-state index in [9.17, 15) is 4.79 Å². The first-order chi connectivity index (χ1) is 8.16. The van der Waals surface area contributed by atoms with Crippen LogP contribution in [0.5, 0.6) is 0 Å². The Morgan fingerprint density at radius 2 is 2.06 bits per heavy atom. The van der Waals surface area contributed by atoms with Crippen LogP contribution in [-0.4, -0.2) is 29.9 Å². The second kappa shape index (κ2) is 5.83. The number of hydrogen-bond acceptors (Lipinski definition) is 3. The van der Waals surface area contributed by atoms with Crippen molar-refractivity contribution in [2.24, 2.45) is 11.3 Å². The maximum Gasteiger partial charge on any atom is 0.220 e. The molecule has 1 aliphatic carbocycles. The van der Waals surface area contributed by atoms with E-state index in [1.807, 2.05) is 0 Å². The van der Waals surface area contributed by atoms with E-state index in [2.05, 4.69) is 52.6 Å². The fourth-order valence-electron chi connectivity index (χ4n) is 2.43. The summed E-state index contributed by atoms with van der Waals surface area (Å²) in [5, 5.41) is 2.88. The van der Waals surface area contributed by atoms with Crippen LogP contribution >= 0.6 is 12.6 Å². The van der Waals surface area contributed by atoms with Gasteiger partial charge in [-0.3, -0.25) is 4.79 Å². The number of amides is 1. The van der Waals surface area contributed by atoms with Gasteiger partial charge in [-0.2, -0.15) is 12.6 Å². The third-order valence-electron chi connectivity index (χ3n) is 3.74. The number of thiol groups is 1. The summed E-state index contributed by atoms with van der Waals surface area (Å²) in [4.78, 5) is 11.7. The van der Waals surface area contributed by atoms with Crippen molar-refractivity contribution in [3.63, 3.8) is 0 Å². The summed E-state index contributed by atoms with van der Waals surface area (Å²) >= 11 is 4.08. The smallest absolute Gasteiger partial charge is 0.220 e. The predicted octanol–water partition coefficient (Wildman–Crippen LogP) is 2.65. The molecule has 1 N–H and O–H groups in total. The van der Waals surface area contributed by atoms with Gasteiger partial charge in [0.2, 0.25) is 5.91 Å². The number of rotatable bonds is 5. The van der Waals surface area contributed by atoms with Gasteiger partial charge in [0, 0.05) is 18.7 Å². The normalized spacial score (nSPS) is 26.6. The standard InChI is InChI=1S/C14H27NO2S/c1-13(2,3)17-11-8-10(14(11,4)5)9-12(16)15-6-7-18/h10-11,18H,6-9H2,1-5H3,(H,15,16). The third-order valence-corrected chi connectivity index (χ3v) is 3.97. The van der Waals surface area contributed by atoms with Crippen molar-refractivity contribution in [3.8, 4) is 0 Å². The Labute approximate surface area is 116 Å². The van der Waals surface area contributed by atoms with Gasteiger partial charge in [0.05, 0.1) is 11.7 Å². The lowest BCUT2D eigenvalue weighted by Crippen LogP contribution is -2.54. The molecule has 1 amide bonds. The van der Waals surface area contributed by atoms with Gasteiger partial charge < -0.3 is 10.1 Å². The number of carbonyl (C=O) groups is 1. The van der Waals surface area contributed by atoms with Crippen molar-refractivity contribution in [1.82, 2.24) is 5.32 Å². The van der Waals surface area contributed by atoms with Crippen LogP contribution in [0.15, 0.2) is 0 Å². The van der Waals surface area contributed by atoms with E-state index in [1.54, 1.807) is 0 Å². The Morgan fingerprint density at radius 3 is 2.50 bits per heavy atom. The number of carbonyl (C=O) groups excluding carboxylic acids is 1. The molecule has 0 aliphatic heterocycles. The predicted molar refractivity (Wildman–Crippen MR) is 78.0 cm³/mol. The summed E-state index contributed by atoms with van der Waals surface area (Å²) in [6, 6.07) is 0. The summed E-state index contributed by atoms with van der Waals surface area (Å²) in [5.74, 6) is 1.25. The quantitative estimate of drug-likeness (QED) is 0.756. The fourth-order valence-corrected chi connectivity index (χ4v) is 2.54. The summed E-state index contributed by atoms with van der Waals surface area (Å²) in [6.07, 6.45) is 1.85. The first kappa shape index (κ1) is 15.8. The van der Waals surface area contributed by atoms with E-state index in [0.29, 0.717) is 24.6 Å². The van der Waals surface area contributed by atoms with Gasteiger partial charge >= 0.3 is 0 Å². The molecule has 0 spiro atoms. The molecule has 1 aliphatic rings. The van der Waals surface area contributed by atoms with E-state index in [-0.39, 0.29) is 23.0 Å². The molecule has 4 heteroatoms. The van der Waals surface area contributed by atoms with Gasteiger partial charge in [-0.05, 0) is 38.5 Å². The summed E-state index contributed by atoms with van der Waals surface area (Å²) < 4.78 is 6.04. The molecule has 0 radical (unpaired) electrons. The monoisotopic (exact) mass is 273 g/mol. The highest BCUT2D eigenvalue weighted by Gasteiger charge is 2.50. The van der Waals surface area contributed by atoms with Gasteiger partial charge in [-0.15, -0.1) is 0 Å². The molecule has 1 fully saturated rings. The Bertz CT molecular complexity index is 297.